The molecule has 0 fully saturated rings. The molecule has 8 heteroatoms. The third-order valence-corrected chi connectivity index (χ3v) is 13.7. The van der Waals surface area contributed by atoms with Gasteiger partial charge in [0, 0.05) is 44.9 Å². The molecule has 2 aliphatic rings. The Morgan fingerprint density at radius 3 is 1.12 bits per heavy atom. The fraction of sp³-hybridized carbons (Fsp3) is 0.109. The Labute approximate surface area is 420 Å². The molecule has 0 atom stereocenters. The molecule has 3 aromatic heterocycles. The third kappa shape index (κ3) is 8.47. The average Bonchev–Trinajstić information content (AvgIpc) is 4.23. The molecular weight excluding hydrogens is 885 g/mol. The molecule has 0 unspecified atom stereocenters. The van der Waals surface area contributed by atoms with E-state index in [2.05, 4.69) is 226 Å². The first kappa shape index (κ1) is 45.4. The third-order valence-electron chi connectivity index (χ3n) is 13.7. The van der Waals surface area contributed by atoms with Gasteiger partial charge in [0.05, 0.1) is 50.7 Å². The fourth-order valence-corrected chi connectivity index (χ4v) is 10.2. The number of carboxylic acid groups (broad SMARTS) is 1. The Kier molecular flexibility index (Phi) is 11.6. The highest BCUT2D eigenvalue weighted by molar-refractivity contribution is 6.02. The molecule has 9 aromatic rings. The van der Waals surface area contributed by atoms with Gasteiger partial charge in [-0.2, -0.15) is 0 Å². The number of fused-ring (bicyclic) bond motifs is 8. The first-order chi connectivity index (χ1) is 34.9. The van der Waals surface area contributed by atoms with Gasteiger partial charge in [0.2, 0.25) is 0 Å². The highest BCUT2D eigenvalue weighted by Gasteiger charge is 2.25. The summed E-state index contributed by atoms with van der Waals surface area (Å²) in [6.07, 6.45) is 8.44. The number of nitrogens with zero attached hydrogens (tertiary/aromatic N) is 4. The first-order valence-corrected chi connectivity index (χ1v) is 24.3. The van der Waals surface area contributed by atoms with Gasteiger partial charge in [-0.1, -0.05) is 101 Å². The highest BCUT2D eigenvalue weighted by atomic mass is 16.4. The van der Waals surface area contributed by atoms with Gasteiger partial charge in [0.25, 0.3) is 0 Å². The lowest BCUT2D eigenvalue weighted by Gasteiger charge is -2.26. The maximum Gasteiger partial charge on any atom is 0.335 e. The fourth-order valence-electron chi connectivity index (χ4n) is 10.2. The summed E-state index contributed by atoms with van der Waals surface area (Å²) in [5.74, 6) is -0.988. The lowest BCUT2D eigenvalue weighted by molar-refractivity contribution is 0.0697. The Balaban J connectivity index is 1.33. The van der Waals surface area contributed by atoms with E-state index in [1.807, 2.05) is 12.1 Å². The number of H-pyrrole nitrogens is 2. The molecule has 6 aromatic carbocycles. The van der Waals surface area contributed by atoms with E-state index < -0.39 is 5.97 Å². The largest absolute Gasteiger partial charge is 0.478 e. The zero-order valence-corrected chi connectivity index (χ0v) is 41.5. The van der Waals surface area contributed by atoms with Crippen LogP contribution in [0.25, 0.3) is 68.6 Å². The van der Waals surface area contributed by atoms with Crippen molar-refractivity contribution in [3.8, 4) is 22.3 Å². The number of hydrogen-bond acceptors (Lipinski definition) is 5. The predicted octanol–water partition coefficient (Wildman–Crippen LogP) is 16.8. The molecule has 0 saturated carbocycles. The van der Waals surface area contributed by atoms with Crippen molar-refractivity contribution in [1.29, 1.82) is 0 Å². The van der Waals surface area contributed by atoms with Crippen LogP contribution in [0.2, 0.25) is 0 Å². The molecule has 8 bridgehead atoms. The van der Waals surface area contributed by atoms with Gasteiger partial charge in [-0.15, -0.1) is 0 Å². The van der Waals surface area contributed by atoms with Crippen LogP contribution in [0.5, 0.6) is 0 Å². The molecule has 0 aliphatic carbocycles. The number of aromatic amines is 2. The van der Waals surface area contributed by atoms with Gasteiger partial charge in [-0.3, -0.25) is 0 Å². The van der Waals surface area contributed by atoms with E-state index >= 15 is 0 Å². The van der Waals surface area contributed by atoms with Crippen molar-refractivity contribution in [3.05, 3.63) is 225 Å². The SMILES string of the molecule is Cc1ccc(N(c2ccc(C)cc2)c2c3nc(c(-c4c(C)cc(C)cc4C)c4ccc([nH]4)c(N(c4ccc(C)cc4)c4ccc(C)cc4)c4nc(c(-c5ccc(C(=O)O)cc5)c5ccc2[nH]5)C=C4)C=C3)cc1. The van der Waals surface area contributed by atoms with Crippen LogP contribution < -0.4 is 9.80 Å². The Bertz CT molecular complexity index is 3610. The number of aryl methyl sites for hydroxylation is 7. The molecule has 0 amide bonds. The van der Waals surface area contributed by atoms with E-state index in [4.69, 9.17) is 9.97 Å². The number of carbonyl (C=O) groups is 1. The van der Waals surface area contributed by atoms with E-state index in [-0.39, 0.29) is 5.56 Å². The lowest BCUT2D eigenvalue weighted by atomic mass is 9.92. The van der Waals surface area contributed by atoms with Crippen LogP contribution in [0.3, 0.4) is 0 Å². The monoisotopic (exact) mass is 938 g/mol. The number of benzene rings is 6. The van der Waals surface area contributed by atoms with Gasteiger partial charge >= 0.3 is 5.97 Å². The van der Waals surface area contributed by atoms with Crippen LogP contribution in [0, 0.1) is 48.5 Å². The minimum atomic E-state index is -0.988. The van der Waals surface area contributed by atoms with Gasteiger partial charge in [-0.25, -0.2) is 14.8 Å². The van der Waals surface area contributed by atoms with E-state index in [1.54, 1.807) is 12.1 Å². The number of rotatable bonds is 9. The van der Waals surface area contributed by atoms with Gasteiger partial charge in [0.15, 0.2) is 0 Å². The van der Waals surface area contributed by atoms with E-state index in [1.165, 1.54) is 5.56 Å². The predicted molar refractivity (Wildman–Crippen MR) is 299 cm³/mol. The Hall–Kier alpha value is -9.01. The van der Waals surface area contributed by atoms with Gasteiger partial charge in [-0.05, 0) is 180 Å². The second-order valence-electron chi connectivity index (χ2n) is 19.1. The maximum absolute atomic E-state index is 12.2. The number of nitrogens with one attached hydrogen (secondary N) is 2. The van der Waals surface area contributed by atoms with Crippen molar-refractivity contribution in [2.75, 3.05) is 9.80 Å². The zero-order chi connectivity index (χ0) is 49.8. The molecule has 0 spiro atoms. The quantitative estimate of drug-likeness (QED) is 0.133. The molecule has 352 valence electrons. The minimum Gasteiger partial charge on any atom is -0.478 e. The smallest absolute Gasteiger partial charge is 0.335 e. The van der Waals surface area contributed by atoms with Crippen LogP contribution >= 0.6 is 0 Å². The molecule has 5 heterocycles. The van der Waals surface area contributed by atoms with Crippen molar-refractivity contribution in [2.45, 2.75) is 48.5 Å². The summed E-state index contributed by atoms with van der Waals surface area (Å²) in [4.78, 5) is 35.9. The Morgan fingerprint density at radius 2 is 0.736 bits per heavy atom. The van der Waals surface area contributed by atoms with E-state index in [9.17, 15) is 9.90 Å². The molecular formula is C64H54N6O2. The lowest BCUT2D eigenvalue weighted by Crippen LogP contribution is -2.12. The summed E-state index contributed by atoms with van der Waals surface area (Å²) in [6, 6.07) is 54.5. The molecule has 0 radical (unpaired) electrons. The molecule has 0 saturated heterocycles. The first-order valence-electron chi connectivity index (χ1n) is 24.3. The van der Waals surface area contributed by atoms with Crippen molar-refractivity contribution < 1.29 is 9.90 Å². The molecule has 11 rings (SSSR count). The average molecular weight is 939 g/mol. The maximum atomic E-state index is 12.2. The number of hydrogen-bond donors (Lipinski definition) is 3. The second-order valence-corrected chi connectivity index (χ2v) is 19.1. The minimum absolute atomic E-state index is 0.202. The van der Waals surface area contributed by atoms with Crippen molar-refractivity contribution in [2.24, 2.45) is 0 Å². The number of anilines is 6. The summed E-state index contributed by atoms with van der Waals surface area (Å²) >= 11 is 0. The van der Waals surface area contributed by atoms with Crippen molar-refractivity contribution >= 4 is 86.5 Å². The summed E-state index contributed by atoms with van der Waals surface area (Å²) in [7, 11) is 0. The zero-order valence-electron chi connectivity index (χ0n) is 41.5. The van der Waals surface area contributed by atoms with Crippen molar-refractivity contribution in [3.63, 3.8) is 0 Å². The number of aromatic carboxylic acids is 1. The summed E-state index contributed by atoms with van der Waals surface area (Å²) in [5, 5.41) is 9.99. The molecule has 3 N–H and O–H groups in total. The molecule has 72 heavy (non-hydrogen) atoms. The standard InChI is InChI=1S/C64H54N6O2/c1-38-8-20-47(21-9-38)69(48-22-10-39(2)11-23-48)62-55-32-28-51(65-55)60(45-16-18-46(19-17-45)64(71)72)52-29-33-56(66-52)63(70(49-24-12-40(3)13-25-49)50-26-14-41(4)15-27-50)58-35-31-54(68-58)61(53-30-34-57(62)67-53)59-43(6)36-42(5)37-44(59)7/h8-37,65,68H,1-7H3,(H,71,72). The van der Waals surface area contributed by atoms with Crippen LogP contribution in [-0.2, 0) is 0 Å². The normalized spacial score (nSPS) is 11.8. The van der Waals surface area contributed by atoms with Crippen LogP contribution in [0.15, 0.2) is 158 Å². The van der Waals surface area contributed by atoms with E-state index in [0.717, 1.165) is 129 Å². The summed E-state index contributed by atoms with van der Waals surface area (Å²) in [6.45, 7) is 14.9. The van der Waals surface area contributed by atoms with Gasteiger partial charge in [0.1, 0.15) is 0 Å². The topological polar surface area (TPSA) is 101 Å². The summed E-state index contributed by atoms with van der Waals surface area (Å²) in [5.41, 5.74) is 24.2. The number of aromatic nitrogens is 4. The van der Waals surface area contributed by atoms with Crippen LogP contribution in [0.1, 0.15) is 72.1 Å². The number of carboxylic acids is 1. The van der Waals surface area contributed by atoms with Crippen molar-refractivity contribution in [1.82, 2.24) is 19.9 Å². The van der Waals surface area contributed by atoms with Crippen LogP contribution in [-0.4, -0.2) is 31.0 Å². The second kappa shape index (κ2) is 18.4. The highest BCUT2D eigenvalue weighted by Crippen LogP contribution is 2.45. The Morgan fingerprint density at radius 1 is 0.389 bits per heavy atom. The van der Waals surface area contributed by atoms with E-state index in [0.29, 0.717) is 5.69 Å². The summed E-state index contributed by atoms with van der Waals surface area (Å²) < 4.78 is 0. The molecule has 2 aliphatic heterocycles. The molecule has 8 nitrogen and oxygen atoms in total. The van der Waals surface area contributed by atoms with Crippen LogP contribution in [0.4, 0.5) is 34.1 Å². The van der Waals surface area contributed by atoms with Gasteiger partial charge < -0.3 is 24.9 Å².